The van der Waals surface area contributed by atoms with E-state index < -0.39 is 22.8 Å². The zero-order valence-corrected chi connectivity index (χ0v) is 43.1. The van der Waals surface area contributed by atoms with Gasteiger partial charge in [-0.3, -0.25) is 29.0 Å². The fourth-order valence-corrected chi connectivity index (χ4v) is 8.90. The van der Waals surface area contributed by atoms with Crippen molar-refractivity contribution in [1.29, 1.82) is 0 Å². The lowest BCUT2D eigenvalue weighted by Gasteiger charge is -2.15. The van der Waals surface area contributed by atoms with Gasteiger partial charge in [-0.2, -0.15) is 0 Å². The molecule has 4 aromatic carbocycles. The fraction of sp³-hybridized carbons (Fsp3) is 0.418. The number of carbonyl (C=O) groups excluding carboxylic acids is 2. The highest BCUT2D eigenvalue weighted by atomic mass is 35.5. The second kappa shape index (κ2) is 29.4. The lowest BCUT2D eigenvalue weighted by molar-refractivity contribution is 0.0948. The number of carbonyl (C=O) groups is 2. The van der Waals surface area contributed by atoms with E-state index in [1.54, 1.807) is 13.8 Å². The minimum atomic E-state index is -0.623. The number of H-pyrrole nitrogens is 2. The van der Waals surface area contributed by atoms with Crippen molar-refractivity contribution in [3.63, 3.8) is 0 Å². The van der Waals surface area contributed by atoms with Crippen LogP contribution in [0.15, 0.2) is 107 Å². The molecule has 2 fully saturated rings. The van der Waals surface area contributed by atoms with Gasteiger partial charge in [-0.1, -0.05) is 115 Å². The lowest BCUT2D eigenvalue weighted by Crippen LogP contribution is -2.30. The summed E-state index contributed by atoms with van der Waals surface area (Å²) in [6, 6.07) is 28.6. The number of nitrogens with one attached hydrogen (secondary N) is 3. The van der Waals surface area contributed by atoms with Crippen molar-refractivity contribution in [2.24, 2.45) is 17.6 Å². The first-order valence-electron chi connectivity index (χ1n) is 24.4. The highest BCUT2D eigenvalue weighted by Crippen LogP contribution is 2.32. The van der Waals surface area contributed by atoms with Gasteiger partial charge in [-0.25, -0.2) is 8.78 Å². The van der Waals surface area contributed by atoms with Crippen molar-refractivity contribution in [1.82, 2.24) is 50.4 Å². The zero-order chi connectivity index (χ0) is 52.3. The Kier molecular flexibility index (Phi) is 23.8. The van der Waals surface area contributed by atoms with E-state index in [4.69, 9.17) is 17.3 Å². The third kappa shape index (κ3) is 17.7. The molecule has 2 aliphatic rings. The van der Waals surface area contributed by atoms with Crippen LogP contribution >= 0.6 is 11.6 Å². The number of aryl methyl sites for hydroxylation is 2. The van der Waals surface area contributed by atoms with Gasteiger partial charge in [0.25, 0.3) is 22.3 Å². The molecular formula is C55H72ClF2N11O4. The predicted molar refractivity (Wildman–Crippen MR) is 284 cm³/mol. The minimum Gasteiger partial charge on any atom is -0.346 e. The molecular weight excluding hydrogens is 952 g/mol. The Labute approximate surface area is 433 Å². The minimum absolute atomic E-state index is 0. The van der Waals surface area contributed by atoms with E-state index in [0.717, 1.165) is 45.3 Å². The number of halogens is 3. The summed E-state index contributed by atoms with van der Waals surface area (Å²) in [4.78, 5) is 60.2. The normalized spacial score (nSPS) is 17.3. The van der Waals surface area contributed by atoms with Gasteiger partial charge in [0, 0.05) is 68.8 Å². The van der Waals surface area contributed by atoms with Crippen LogP contribution in [0.2, 0.25) is 0 Å². The molecule has 0 radical (unpaired) electrons. The van der Waals surface area contributed by atoms with Gasteiger partial charge in [-0.05, 0) is 103 Å². The fourth-order valence-electron chi connectivity index (χ4n) is 8.69. The van der Waals surface area contributed by atoms with Crippen molar-refractivity contribution in [2.45, 2.75) is 93.9 Å². The lowest BCUT2D eigenvalue weighted by atomic mass is 9.97. The molecule has 2 aromatic heterocycles. The SMILES string of the molecule is C.CC1CN(Cc2ccccc2)CC1c1nnc(CN)c(=O)[nH]1.CCN(CC)CC.Cc1ccc(F)cc1C(=O)Cl.Cc1ccc(F)cc1C(=O)NCc1nnc(C2CN(Cc3ccccc3)CC2C)[nH]c1=O. The summed E-state index contributed by atoms with van der Waals surface area (Å²) in [6.45, 7) is 23.2. The van der Waals surface area contributed by atoms with Crippen molar-refractivity contribution < 1.29 is 18.4 Å². The second-order valence-electron chi connectivity index (χ2n) is 18.2. The van der Waals surface area contributed by atoms with Crippen LogP contribution in [-0.2, 0) is 26.2 Å². The molecule has 5 N–H and O–H groups in total. The number of hydrogen-bond donors (Lipinski definition) is 4. The molecule has 73 heavy (non-hydrogen) atoms. The number of aromatic nitrogens is 6. The molecule has 392 valence electrons. The molecule has 18 heteroatoms. The summed E-state index contributed by atoms with van der Waals surface area (Å²) >= 11 is 5.17. The monoisotopic (exact) mass is 1020 g/mol. The number of rotatable bonds is 14. The van der Waals surface area contributed by atoms with E-state index >= 15 is 0 Å². The summed E-state index contributed by atoms with van der Waals surface area (Å²) in [6.07, 6.45) is 0. The Balaban J connectivity index is 0.000000242. The molecule has 8 rings (SSSR count). The van der Waals surface area contributed by atoms with E-state index in [-0.39, 0.29) is 66.0 Å². The number of benzene rings is 4. The number of amides is 1. The third-order valence-electron chi connectivity index (χ3n) is 12.9. The Morgan fingerprint density at radius 2 is 1.10 bits per heavy atom. The highest BCUT2D eigenvalue weighted by molar-refractivity contribution is 6.67. The van der Waals surface area contributed by atoms with E-state index in [1.165, 1.54) is 61.1 Å². The molecule has 1 amide bonds. The zero-order valence-electron chi connectivity index (χ0n) is 42.3. The van der Waals surface area contributed by atoms with Crippen LogP contribution < -0.4 is 22.2 Å². The molecule has 15 nitrogen and oxygen atoms in total. The van der Waals surface area contributed by atoms with Crippen LogP contribution in [0.3, 0.4) is 0 Å². The topological polar surface area (TPSA) is 199 Å². The van der Waals surface area contributed by atoms with Gasteiger partial charge < -0.3 is 25.9 Å². The Morgan fingerprint density at radius 3 is 1.48 bits per heavy atom. The van der Waals surface area contributed by atoms with Crippen LogP contribution in [0.4, 0.5) is 8.78 Å². The van der Waals surface area contributed by atoms with Crippen molar-refractivity contribution in [2.75, 3.05) is 45.8 Å². The molecule has 6 aromatic rings. The summed E-state index contributed by atoms with van der Waals surface area (Å²) < 4.78 is 25.9. The molecule has 4 unspecified atom stereocenters. The van der Waals surface area contributed by atoms with E-state index in [2.05, 4.69) is 121 Å². The van der Waals surface area contributed by atoms with Gasteiger partial charge in [0.1, 0.15) is 34.7 Å². The second-order valence-corrected chi connectivity index (χ2v) is 18.5. The predicted octanol–water partition coefficient (Wildman–Crippen LogP) is 8.13. The Hall–Kier alpha value is -6.37. The van der Waals surface area contributed by atoms with Crippen LogP contribution in [0.1, 0.15) is 120 Å². The quantitative estimate of drug-likeness (QED) is 0.0766. The molecule has 4 heterocycles. The summed E-state index contributed by atoms with van der Waals surface area (Å²) in [7, 11) is 0. The number of likely N-dealkylation sites (tertiary alicyclic amines) is 2. The van der Waals surface area contributed by atoms with Gasteiger partial charge >= 0.3 is 0 Å². The number of hydrogen-bond acceptors (Lipinski definition) is 12. The molecule has 2 aliphatic heterocycles. The maximum atomic E-state index is 13.4. The highest BCUT2D eigenvalue weighted by Gasteiger charge is 2.34. The van der Waals surface area contributed by atoms with Crippen molar-refractivity contribution in [3.8, 4) is 0 Å². The first-order valence-corrected chi connectivity index (χ1v) is 24.8. The van der Waals surface area contributed by atoms with Gasteiger partial charge in [0.15, 0.2) is 0 Å². The Morgan fingerprint density at radius 1 is 0.671 bits per heavy atom. The number of nitrogens with two attached hydrogens (primary N) is 1. The first-order chi connectivity index (χ1) is 34.5. The molecule has 4 atom stereocenters. The van der Waals surface area contributed by atoms with Crippen molar-refractivity contribution in [3.05, 3.63) is 186 Å². The van der Waals surface area contributed by atoms with Crippen molar-refractivity contribution >= 4 is 22.8 Å². The average Bonchev–Trinajstić information content (AvgIpc) is 3.93. The Bertz CT molecular complexity index is 2790. The van der Waals surface area contributed by atoms with Crippen LogP contribution in [-0.4, -0.2) is 102 Å². The standard InChI is InChI=1S/C24H26FN5O2.C16H21N5O.C8H6ClFO.C6H15N.CH4/c1-15-8-9-18(25)10-19(15)23(31)26-11-21-24(32)27-22(29-28-21)20-14-30(12-16(20)2)13-17-6-4-3-5-7-17;1-11-8-21(9-12-5-3-2-4-6-12)10-13(11)15-18-16(22)14(7-17)19-20-15;1-5-2-3-6(10)4-7(5)8(9)11;1-4-7(5-2)6-3;/h3-10,16,20H,11-14H2,1-2H3,(H,26,31)(H,27,29,32);2-6,11,13H,7-10,17H2,1H3,(H,18,20,22);2-4H,1H3;4-6H2,1-3H3;1H4. The smallest absolute Gasteiger partial charge is 0.274 e. The molecule has 0 aliphatic carbocycles. The van der Waals surface area contributed by atoms with Gasteiger partial charge in [0.05, 0.1) is 6.54 Å². The summed E-state index contributed by atoms with van der Waals surface area (Å²) in [5.41, 5.74) is 9.60. The average molecular weight is 1020 g/mol. The van der Waals surface area contributed by atoms with Gasteiger partial charge in [0.2, 0.25) is 0 Å². The van der Waals surface area contributed by atoms with E-state index in [0.29, 0.717) is 34.6 Å². The first kappa shape index (κ1) is 59.2. The summed E-state index contributed by atoms with van der Waals surface area (Å²) in [5, 5.41) is 18.4. The summed E-state index contributed by atoms with van der Waals surface area (Å²) in [5.74, 6) is 0.873. The number of aromatic amines is 2. The maximum Gasteiger partial charge on any atom is 0.274 e. The van der Waals surface area contributed by atoms with E-state index in [9.17, 15) is 28.0 Å². The third-order valence-corrected chi connectivity index (χ3v) is 13.2. The molecule has 0 bridgehead atoms. The molecule has 2 saturated heterocycles. The van der Waals surface area contributed by atoms with Crippen LogP contribution in [0, 0.1) is 37.3 Å². The molecule has 0 spiro atoms. The molecule has 0 saturated carbocycles. The van der Waals surface area contributed by atoms with Crippen LogP contribution in [0.5, 0.6) is 0 Å². The number of nitrogens with zero attached hydrogens (tertiary/aromatic N) is 7. The van der Waals surface area contributed by atoms with Gasteiger partial charge in [-0.15, -0.1) is 20.4 Å². The van der Waals surface area contributed by atoms with Crippen LogP contribution in [0.25, 0.3) is 0 Å². The maximum absolute atomic E-state index is 13.4. The largest absolute Gasteiger partial charge is 0.346 e. The van der Waals surface area contributed by atoms with E-state index in [1.807, 2.05) is 24.3 Å².